The van der Waals surface area contributed by atoms with E-state index < -0.39 is 17.8 Å². The first-order chi connectivity index (χ1) is 14.6. The van der Waals surface area contributed by atoms with Gasteiger partial charge in [-0.1, -0.05) is 11.6 Å². The van der Waals surface area contributed by atoms with Crippen LogP contribution in [0.4, 0.5) is 13.2 Å². The average molecular weight is 456 g/mol. The van der Waals surface area contributed by atoms with Crippen molar-refractivity contribution in [3.63, 3.8) is 0 Å². The maximum atomic E-state index is 12.7. The predicted octanol–water partition coefficient (Wildman–Crippen LogP) is 5.16. The minimum Gasteiger partial charge on any atom is -0.486 e. The SMILES string of the molecule is Cc1cc(OCc2ccc(C(=O)NCCCn3nc(C(F)(F)F)cc3C)o2)ccc1Cl. The number of alkyl halides is 3. The number of aromatic nitrogens is 2. The molecule has 0 aliphatic rings. The number of hydrogen-bond donors (Lipinski definition) is 1. The van der Waals surface area contributed by atoms with Crippen molar-refractivity contribution < 1.29 is 27.1 Å². The van der Waals surface area contributed by atoms with E-state index in [2.05, 4.69) is 10.4 Å². The molecule has 3 rings (SSSR count). The highest BCUT2D eigenvalue weighted by Gasteiger charge is 2.34. The number of benzene rings is 1. The van der Waals surface area contributed by atoms with Gasteiger partial charge in [0.25, 0.3) is 5.91 Å². The first-order valence-electron chi connectivity index (χ1n) is 9.51. The molecule has 166 valence electrons. The van der Waals surface area contributed by atoms with Crippen molar-refractivity contribution in [3.05, 3.63) is 69.9 Å². The van der Waals surface area contributed by atoms with Crippen LogP contribution in [0.2, 0.25) is 5.02 Å². The van der Waals surface area contributed by atoms with Gasteiger partial charge in [0.05, 0.1) is 0 Å². The molecule has 0 bridgehead atoms. The number of hydrogen-bond acceptors (Lipinski definition) is 4. The summed E-state index contributed by atoms with van der Waals surface area (Å²) in [7, 11) is 0. The summed E-state index contributed by atoms with van der Waals surface area (Å²) in [5.41, 5.74) is 0.372. The van der Waals surface area contributed by atoms with Crippen LogP contribution in [-0.2, 0) is 19.3 Å². The molecule has 0 atom stereocenters. The van der Waals surface area contributed by atoms with Gasteiger partial charge in [-0.2, -0.15) is 18.3 Å². The van der Waals surface area contributed by atoms with Gasteiger partial charge in [-0.15, -0.1) is 0 Å². The second-order valence-corrected chi connectivity index (χ2v) is 7.37. The van der Waals surface area contributed by atoms with Crippen LogP contribution < -0.4 is 10.1 Å². The maximum absolute atomic E-state index is 12.7. The molecule has 10 heteroatoms. The summed E-state index contributed by atoms with van der Waals surface area (Å²) in [6, 6.07) is 9.46. The number of furan rings is 1. The Balaban J connectivity index is 1.44. The fourth-order valence-electron chi connectivity index (χ4n) is 2.83. The van der Waals surface area contributed by atoms with Gasteiger partial charge < -0.3 is 14.5 Å². The standard InChI is InChI=1S/C21H21ClF3N3O3/c1-13-10-15(4-6-17(13)22)30-12-16-5-7-18(31-16)20(29)26-8-3-9-28-14(2)11-19(27-28)21(23,24)25/h4-7,10-11H,3,8-9,12H2,1-2H3,(H,26,29). The van der Waals surface area contributed by atoms with E-state index in [1.807, 2.05) is 6.92 Å². The van der Waals surface area contributed by atoms with Crippen LogP contribution in [0.15, 0.2) is 40.8 Å². The van der Waals surface area contributed by atoms with Crippen molar-refractivity contribution in [1.29, 1.82) is 0 Å². The summed E-state index contributed by atoms with van der Waals surface area (Å²) < 4.78 is 50.5. The molecule has 0 saturated carbocycles. The van der Waals surface area contributed by atoms with E-state index in [0.717, 1.165) is 11.6 Å². The van der Waals surface area contributed by atoms with Crippen molar-refractivity contribution in [2.24, 2.45) is 0 Å². The quantitative estimate of drug-likeness (QED) is 0.476. The Kier molecular flexibility index (Phi) is 6.94. The summed E-state index contributed by atoms with van der Waals surface area (Å²) in [6.07, 6.45) is -4.06. The number of halogens is 4. The van der Waals surface area contributed by atoms with E-state index in [-0.39, 0.29) is 25.5 Å². The Hall–Kier alpha value is -2.94. The van der Waals surface area contributed by atoms with Gasteiger partial charge in [0.15, 0.2) is 11.5 Å². The lowest BCUT2D eigenvalue weighted by Gasteiger charge is -2.07. The van der Waals surface area contributed by atoms with Gasteiger partial charge >= 0.3 is 6.18 Å². The predicted molar refractivity (Wildman–Crippen MR) is 108 cm³/mol. The van der Waals surface area contributed by atoms with Crippen LogP contribution in [-0.4, -0.2) is 22.2 Å². The highest BCUT2D eigenvalue weighted by Crippen LogP contribution is 2.28. The molecular formula is C21H21ClF3N3O3. The molecule has 1 amide bonds. The van der Waals surface area contributed by atoms with Crippen LogP contribution in [0.3, 0.4) is 0 Å². The fourth-order valence-corrected chi connectivity index (χ4v) is 2.95. The average Bonchev–Trinajstić information content (AvgIpc) is 3.33. The number of carbonyl (C=O) groups is 1. The Morgan fingerprint density at radius 2 is 2.00 bits per heavy atom. The van der Waals surface area contributed by atoms with Gasteiger partial charge in [-0.3, -0.25) is 9.48 Å². The number of ether oxygens (including phenoxy) is 1. The van der Waals surface area contributed by atoms with E-state index in [9.17, 15) is 18.0 Å². The monoisotopic (exact) mass is 455 g/mol. The maximum Gasteiger partial charge on any atom is 0.435 e. The number of carbonyl (C=O) groups excluding carboxylic acids is 1. The van der Waals surface area contributed by atoms with Crippen molar-refractivity contribution in [2.45, 2.75) is 39.6 Å². The minimum absolute atomic E-state index is 0.125. The Labute approximate surface area is 181 Å². The molecule has 0 spiro atoms. The zero-order valence-corrected chi connectivity index (χ0v) is 17.7. The normalized spacial score (nSPS) is 11.5. The number of amides is 1. The number of aryl methyl sites for hydroxylation is 3. The third-order valence-corrected chi connectivity index (χ3v) is 4.92. The fraction of sp³-hybridized carbons (Fsp3) is 0.333. The second-order valence-electron chi connectivity index (χ2n) is 6.97. The van der Waals surface area contributed by atoms with E-state index in [1.165, 1.54) is 10.7 Å². The van der Waals surface area contributed by atoms with Crippen molar-refractivity contribution in [1.82, 2.24) is 15.1 Å². The lowest BCUT2D eigenvalue weighted by molar-refractivity contribution is -0.141. The zero-order chi connectivity index (χ0) is 22.6. The molecule has 2 heterocycles. The molecule has 1 N–H and O–H groups in total. The third-order valence-electron chi connectivity index (χ3n) is 4.50. The summed E-state index contributed by atoms with van der Waals surface area (Å²) in [5, 5.41) is 6.88. The van der Waals surface area contributed by atoms with E-state index in [1.54, 1.807) is 31.2 Å². The molecule has 6 nitrogen and oxygen atoms in total. The first kappa shape index (κ1) is 22.7. The largest absolute Gasteiger partial charge is 0.486 e. The van der Waals surface area contributed by atoms with E-state index in [0.29, 0.717) is 28.6 Å². The molecule has 0 saturated heterocycles. The summed E-state index contributed by atoms with van der Waals surface area (Å²) in [5.74, 6) is 0.818. The third kappa shape index (κ3) is 6.04. The second kappa shape index (κ2) is 9.47. The smallest absolute Gasteiger partial charge is 0.435 e. The number of nitrogens with one attached hydrogen (secondary N) is 1. The topological polar surface area (TPSA) is 69.3 Å². The zero-order valence-electron chi connectivity index (χ0n) is 16.9. The molecule has 0 unspecified atom stereocenters. The van der Waals surface area contributed by atoms with Crippen molar-refractivity contribution >= 4 is 17.5 Å². The molecule has 0 fully saturated rings. The van der Waals surface area contributed by atoms with Crippen LogP contribution in [0.1, 0.15) is 39.7 Å². The minimum atomic E-state index is -4.47. The van der Waals surface area contributed by atoms with Gasteiger partial charge in [-0.25, -0.2) is 0 Å². The van der Waals surface area contributed by atoms with E-state index >= 15 is 0 Å². The molecule has 0 aliphatic carbocycles. The number of nitrogens with zero attached hydrogens (tertiary/aromatic N) is 2. The van der Waals surface area contributed by atoms with E-state index in [4.69, 9.17) is 20.8 Å². The lowest BCUT2D eigenvalue weighted by atomic mass is 10.2. The molecule has 0 radical (unpaired) electrons. The Morgan fingerprint density at radius 3 is 2.68 bits per heavy atom. The summed E-state index contributed by atoms with van der Waals surface area (Å²) in [6.45, 7) is 4.08. The summed E-state index contributed by atoms with van der Waals surface area (Å²) >= 11 is 5.98. The van der Waals surface area contributed by atoms with Crippen LogP contribution in [0.5, 0.6) is 5.75 Å². The molecule has 3 aromatic rings. The lowest BCUT2D eigenvalue weighted by Crippen LogP contribution is -2.25. The molecule has 1 aromatic carbocycles. The Morgan fingerprint density at radius 1 is 1.23 bits per heavy atom. The van der Waals surface area contributed by atoms with Gasteiger partial charge in [-0.05, 0) is 62.2 Å². The van der Waals surface area contributed by atoms with Crippen LogP contribution in [0, 0.1) is 13.8 Å². The molecular weight excluding hydrogens is 435 g/mol. The van der Waals surface area contributed by atoms with Crippen LogP contribution >= 0.6 is 11.6 Å². The van der Waals surface area contributed by atoms with Crippen molar-refractivity contribution in [2.75, 3.05) is 6.54 Å². The highest BCUT2D eigenvalue weighted by molar-refractivity contribution is 6.31. The highest BCUT2D eigenvalue weighted by atomic mass is 35.5. The first-order valence-corrected chi connectivity index (χ1v) is 9.89. The van der Waals surface area contributed by atoms with Crippen molar-refractivity contribution in [3.8, 4) is 5.75 Å². The Bertz CT molecular complexity index is 1060. The van der Waals surface area contributed by atoms with Gasteiger partial charge in [0, 0.05) is 23.8 Å². The van der Waals surface area contributed by atoms with Gasteiger partial charge in [0.2, 0.25) is 0 Å². The molecule has 31 heavy (non-hydrogen) atoms. The van der Waals surface area contributed by atoms with Gasteiger partial charge in [0.1, 0.15) is 18.1 Å². The molecule has 0 aliphatic heterocycles. The summed E-state index contributed by atoms with van der Waals surface area (Å²) in [4.78, 5) is 12.2. The van der Waals surface area contributed by atoms with Crippen LogP contribution in [0.25, 0.3) is 0 Å². The molecule has 2 aromatic heterocycles. The number of rotatable bonds is 8.